The smallest absolute Gasteiger partial charge is 0.344 e. The highest BCUT2D eigenvalue weighted by atomic mass is 16.6. The van der Waals surface area contributed by atoms with Crippen LogP contribution in [0.3, 0.4) is 0 Å². The van der Waals surface area contributed by atoms with E-state index in [0.29, 0.717) is 34.1 Å². The molecule has 2 aromatic rings. The lowest BCUT2D eigenvalue weighted by molar-refractivity contribution is -0.157. The van der Waals surface area contributed by atoms with E-state index < -0.39 is 11.6 Å². The summed E-state index contributed by atoms with van der Waals surface area (Å²) >= 11 is 0. The number of allylic oxidation sites excluding steroid dienone is 1. The summed E-state index contributed by atoms with van der Waals surface area (Å²) in [5, 5.41) is 0. The number of Topliss-reactive ketones (excluding diaryl/α,β-unsaturated/α-hetero) is 1. The molecule has 0 fully saturated rings. The summed E-state index contributed by atoms with van der Waals surface area (Å²) in [6.45, 7) is 6.92. The predicted octanol–water partition coefficient (Wildman–Crippen LogP) is 4.35. The van der Waals surface area contributed by atoms with Crippen molar-refractivity contribution >= 4 is 17.8 Å². The molecule has 0 saturated heterocycles. The molecule has 0 aliphatic carbocycles. The fourth-order valence-electron chi connectivity index (χ4n) is 3.17. The number of hydrogen-bond acceptors (Lipinski definition) is 7. The Balaban J connectivity index is 1.80. The number of hydrogen-bond donors (Lipinski definition) is 0. The zero-order valence-corrected chi connectivity index (χ0v) is 18.5. The van der Waals surface area contributed by atoms with E-state index in [1.165, 1.54) is 0 Å². The first kappa shape index (κ1) is 22.2. The number of benzene rings is 2. The monoisotopic (exact) mass is 426 g/mol. The van der Waals surface area contributed by atoms with E-state index in [1.807, 2.05) is 0 Å². The molecule has 0 spiro atoms. The second-order valence-electron chi connectivity index (χ2n) is 8.04. The number of esters is 1. The van der Waals surface area contributed by atoms with E-state index in [-0.39, 0.29) is 18.1 Å². The standard InChI is InChI=1S/C24H26O7/c1-14-9-16(29-13-21(25)31-24(2,3)4)12-19-22(14)23(26)20(30-19)11-15-7-8-17(27-5)18(10-15)28-6/h7-12H,13H2,1-6H3/b20-11-. The Kier molecular flexibility index (Phi) is 6.24. The number of carbonyl (C=O) groups excluding carboxylic acids is 2. The van der Waals surface area contributed by atoms with Gasteiger partial charge < -0.3 is 23.7 Å². The minimum absolute atomic E-state index is 0.189. The molecular formula is C24H26O7. The lowest BCUT2D eigenvalue weighted by atomic mass is 10.0. The van der Waals surface area contributed by atoms with Crippen LogP contribution in [0.15, 0.2) is 36.1 Å². The Morgan fingerprint density at radius 2 is 1.77 bits per heavy atom. The van der Waals surface area contributed by atoms with Crippen molar-refractivity contribution in [3.8, 4) is 23.0 Å². The van der Waals surface area contributed by atoms with Crippen LogP contribution >= 0.6 is 0 Å². The van der Waals surface area contributed by atoms with Crippen LogP contribution in [-0.4, -0.2) is 38.2 Å². The Bertz CT molecular complexity index is 1040. The van der Waals surface area contributed by atoms with Crippen molar-refractivity contribution in [1.29, 1.82) is 0 Å². The van der Waals surface area contributed by atoms with Gasteiger partial charge in [-0.2, -0.15) is 0 Å². The highest BCUT2D eigenvalue weighted by Crippen LogP contribution is 2.38. The summed E-state index contributed by atoms with van der Waals surface area (Å²) in [6.07, 6.45) is 1.64. The van der Waals surface area contributed by atoms with Gasteiger partial charge in [0.1, 0.15) is 17.1 Å². The van der Waals surface area contributed by atoms with Crippen LogP contribution in [0.25, 0.3) is 6.08 Å². The average molecular weight is 426 g/mol. The number of fused-ring (bicyclic) bond motifs is 1. The largest absolute Gasteiger partial charge is 0.493 e. The van der Waals surface area contributed by atoms with Crippen molar-refractivity contribution in [2.45, 2.75) is 33.3 Å². The molecule has 0 radical (unpaired) electrons. The number of ketones is 1. The molecule has 1 aliphatic heterocycles. The Labute approximate surface area is 181 Å². The first-order valence-electron chi connectivity index (χ1n) is 9.77. The van der Waals surface area contributed by atoms with Crippen molar-refractivity contribution in [1.82, 2.24) is 0 Å². The van der Waals surface area contributed by atoms with Crippen molar-refractivity contribution in [3.05, 3.63) is 52.8 Å². The highest BCUT2D eigenvalue weighted by molar-refractivity contribution is 6.15. The minimum atomic E-state index is -0.590. The molecule has 3 rings (SSSR count). The second-order valence-corrected chi connectivity index (χ2v) is 8.04. The Morgan fingerprint density at radius 3 is 2.42 bits per heavy atom. The van der Waals surface area contributed by atoms with Gasteiger partial charge in [-0.1, -0.05) is 6.07 Å². The van der Waals surface area contributed by atoms with Crippen LogP contribution in [0, 0.1) is 6.92 Å². The molecule has 0 aromatic heterocycles. The zero-order valence-electron chi connectivity index (χ0n) is 18.5. The van der Waals surface area contributed by atoms with Crippen LogP contribution in [0.2, 0.25) is 0 Å². The normalized spacial score (nSPS) is 14.1. The van der Waals surface area contributed by atoms with E-state index in [0.717, 1.165) is 5.56 Å². The lowest BCUT2D eigenvalue weighted by Gasteiger charge is -2.19. The first-order valence-corrected chi connectivity index (χ1v) is 9.77. The molecule has 31 heavy (non-hydrogen) atoms. The Morgan fingerprint density at radius 1 is 1.06 bits per heavy atom. The number of carbonyl (C=O) groups is 2. The molecule has 0 amide bonds. The average Bonchev–Trinajstić information content (AvgIpc) is 3.00. The fourth-order valence-corrected chi connectivity index (χ4v) is 3.17. The maximum Gasteiger partial charge on any atom is 0.344 e. The maximum absolute atomic E-state index is 12.9. The van der Waals surface area contributed by atoms with Gasteiger partial charge in [-0.05, 0) is 63.1 Å². The number of rotatable bonds is 6. The molecule has 7 heteroatoms. The first-order chi connectivity index (χ1) is 14.6. The van der Waals surface area contributed by atoms with Crippen molar-refractivity contribution in [3.63, 3.8) is 0 Å². The van der Waals surface area contributed by atoms with Gasteiger partial charge in [0.05, 0.1) is 19.8 Å². The molecule has 0 atom stereocenters. The molecule has 1 heterocycles. The number of methoxy groups -OCH3 is 2. The number of aryl methyl sites for hydroxylation is 1. The highest BCUT2D eigenvalue weighted by Gasteiger charge is 2.30. The van der Waals surface area contributed by atoms with Crippen LogP contribution in [0.5, 0.6) is 23.0 Å². The van der Waals surface area contributed by atoms with Crippen molar-refractivity contribution in [2.75, 3.05) is 20.8 Å². The van der Waals surface area contributed by atoms with E-state index in [4.69, 9.17) is 23.7 Å². The van der Waals surface area contributed by atoms with E-state index in [2.05, 4.69) is 0 Å². The molecule has 0 unspecified atom stereocenters. The van der Waals surface area contributed by atoms with Gasteiger partial charge >= 0.3 is 5.97 Å². The molecule has 0 saturated carbocycles. The summed E-state index contributed by atoms with van der Waals surface area (Å²) in [7, 11) is 3.10. The molecule has 0 bridgehead atoms. The van der Waals surface area contributed by atoms with Gasteiger partial charge in [-0.15, -0.1) is 0 Å². The van der Waals surface area contributed by atoms with Crippen LogP contribution in [-0.2, 0) is 9.53 Å². The van der Waals surface area contributed by atoms with Gasteiger partial charge in [0, 0.05) is 6.07 Å². The van der Waals surface area contributed by atoms with Gasteiger partial charge in [0.2, 0.25) is 5.78 Å². The summed E-state index contributed by atoms with van der Waals surface area (Å²) in [6, 6.07) is 8.61. The second kappa shape index (κ2) is 8.71. The third-order valence-electron chi connectivity index (χ3n) is 4.43. The predicted molar refractivity (Wildman–Crippen MR) is 115 cm³/mol. The maximum atomic E-state index is 12.9. The Hall–Kier alpha value is -3.48. The molecule has 7 nitrogen and oxygen atoms in total. The van der Waals surface area contributed by atoms with Crippen LogP contribution < -0.4 is 18.9 Å². The molecular weight excluding hydrogens is 400 g/mol. The van der Waals surface area contributed by atoms with Crippen molar-refractivity contribution in [2.24, 2.45) is 0 Å². The summed E-state index contributed by atoms with van der Waals surface area (Å²) in [5.74, 6) is 1.44. The van der Waals surface area contributed by atoms with Gasteiger partial charge in [-0.25, -0.2) is 4.79 Å². The summed E-state index contributed by atoms with van der Waals surface area (Å²) in [4.78, 5) is 24.8. The van der Waals surface area contributed by atoms with Crippen molar-refractivity contribution < 1.29 is 33.3 Å². The van der Waals surface area contributed by atoms with Crippen LogP contribution in [0.4, 0.5) is 0 Å². The quantitative estimate of drug-likeness (QED) is 0.502. The SMILES string of the molecule is COc1ccc(/C=C2\Oc3cc(OCC(=O)OC(C)(C)C)cc(C)c3C2=O)cc1OC. The minimum Gasteiger partial charge on any atom is -0.493 e. The van der Waals surface area contributed by atoms with Gasteiger partial charge in [-0.3, -0.25) is 4.79 Å². The van der Waals surface area contributed by atoms with Gasteiger partial charge in [0.25, 0.3) is 0 Å². The van der Waals surface area contributed by atoms with E-state index >= 15 is 0 Å². The molecule has 164 valence electrons. The summed E-state index contributed by atoms with van der Waals surface area (Å²) in [5.41, 5.74) is 1.30. The van der Waals surface area contributed by atoms with E-state index in [9.17, 15) is 9.59 Å². The zero-order chi connectivity index (χ0) is 22.8. The topological polar surface area (TPSA) is 80.3 Å². The lowest BCUT2D eigenvalue weighted by Crippen LogP contribution is -2.27. The van der Waals surface area contributed by atoms with E-state index in [1.54, 1.807) is 78.3 Å². The van der Waals surface area contributed by atoms with Gasteiger partial charge in [0.15, 0.2) is 23.9 Å². The third-order valence-corrected chi connectivity index (χ3v) is 4.43. The molecule has 2 aromatic carbocycles. The fraction of sp³-hybridized carbons (Fsp3) is 0.333. The summed E-state index contributed by atoms with van der Waals surface area (Å²) < 4.78 is 27.1. The molecule has 0 N–H and O–H groups in total. The third kappa shape index (κ3) is 5.17. The van der Waals surface area contributed by atoms with Crippen LogP contribution in [0.1, 0.15) is 42.3 Å². The number of ether oxygens (including phenoxy) is 5. The molecule has 1 aliphatic rings.